The van der Waals surface area contributed by atoms with Gasteiger partial charge >= 0.3 is 6.18 Å². The van der Waals surface area contributed by atoms with Gasteiger partial charge in [0.15, 0.2) is 0 Å². The summed E-state index contributed by atoms with van der Waals surface area (Å²) in [6, 6.07) is 0. The average molecular weight is 335 g/mol. The van der Waals surface area contributed by atoms with Crippen molar-refractivity contribution in [1.82, 2.24) is 9.78 Å². The van der Waals surface area contributed by atoms with Gasteiger partial charge in [0.2, 0.25) is 0 Å². The van der Waals surface area contributed by atoms with Gasteiger partial charge in [0, 0.05) is 23.4 Å². The van der Waals surface area contributed by atoms with Gasteiger partial charge in [-0.2, -0.15) is 18.3 Å². The Bertz CT molecular complexity index is 555. The minimum Gasteiger partial charge on any atom is -0.366 e. The van der Waals surface area contributed by atoms with Gasteiger partial charge in [-0.05, 0) is 5.92 Å². The summed E-state index contributed by atoms with van der Waals surface area (Å²) in [6.45, 7) is 2.13. The molecule has 1 rings (SSSR count). The highest BCUT2D eigenvalue weighted by Gasteiger charge is 2.28. The number of alkyl halides is 3. The molecule has 0 aromatic carbocycles. The fourth-order valence-corrected chi connectivity index (χ4v) is 2.49. The van der Waals surface area contributed by atoms with E-state index in [0.29, 0.717) is 6.54 Å². The summed E-state index contributed by atoms with van der Waals surface area (Å²) in [5, 5.41) is 3.90. The van der Waals surface area contributed by atoms with Gasteiger partial charge in [0.05, 0.1) is 6.61 Å². The van der Waals surface area contributed by atoms with Crippen LogP contribution >= 0.6 is 10.7 Å². The number of halogens is 4. The lowest BCUT2D eigenvalue weighted by molar-refractivity contribution is -0.177. The van der Waals surface area contributed by atoms with E-state index >= 15 is 0 Å². The molecule has 0 bridgehead atoms. The normalized spacial score (nSPS) is 13.2. The molecule has 0 aliphatic carbocycles. The van der Waals surface area contributed by atoms with Crippen LogP contribution in [0.2, 0.25) is 0 Å². The van der Waals surface area contributed by atoms with Crippen LogP contribution in [0.3, 0.4) is 0 Å². The molecule has 0 spiro atoms. The average Bonchev–Trinajstić information content (AvgIpc) is 2.57. The van der Waals surface area contributed by atoms with Crippen molar-refractivity contribution in [2.24, 2.45) is 5.92 Å². The third-order valence-electron chi connectivity index (χ3n) is 2.12. The fraction of sp³-hybridized carbons (Fsp3) is 0.700. The Morgan fingerprint density at radius 1 is 1.45 bits per heavy atom. The van der Waals surface area contributed by atoms with Gasteiger partial charge < -0.3 is 4.74 Å². The SMILES string of the molecule is CC(C)Cn1cc(S(=O)(=O)Cl)c(COCC(F)(F)F)n1. The molecule has 1 aromatic heterocycles. The van der Waals surface area contributed by atoms with E-state index in [-0.39, 0.29) is 16.5 Å². The molecule has 0 unspecified atom stereocenters. The van der Waals surface area contributed by atoms with Gasteiger partial charge in [-0.15, -0.1) is 0 Å². The largest absolute Gasteiger partial charge is 0.411 e. The highest BCUT2D eigenvalue weighted by atomic mass is 35.7. The predicted molar refractivity (Wildman–Crippen MR) is 65.8 cm³/mol. The van der Waals surface area contributed by atoms with E-state index in [1.807, 2.05) is 13.8 Å². The standard InChI is InChI=1S/C10H14ClF3N2O3S/c1-7(2)3-16-4-9(20(11,17)18)8(15-16)5-19-6-10(12,13)14/h4,7H,3,5-6H2,1-2H3. The summed E-state index contributed by atoms with van der Waals surface area (Å²) in [7, 11) is 1.14. The van der Waals surface area contributed by atoms with Crippen molar-refractivity contribution in [3.63, 3.8) is 0 Å². The predicted octanol–water partition coefficient (Wildman–Crippen LogP) is 2.55. The van der Waals surface area contributed by atoms with Crippen molar-refractivity contribution in [2.75, 3.05) is 6.61 Å². The third kappa shape index (κ3) is 5.68. The van der Waals surface area contributed by atoms with Crippen molar-refractivity contribution in [1.29, 1.82) is 0 Å². The topological polar surface area (TPSA) is 61.2 Å². The molecule has 0 aliphatic rings. The molecule has 20 heavy (non-hydrogen) atoms. The number of ether oxygens (including phenoxy) is 1. The molecule has 1 heterocycles. The third-order valence-corrected chi connectivity index (χ3v) is 3.48. The van der Waals surface area contributed by atoms with E-state index in [2.05, 4.69) is 9.84 Å². The van der Waals surface area contributed by atoms with E-state index in [4.69, 9.17) is 10.7 Å². The van der Waals surface area contributed by atoms with Crippen molar-refractivity contribution >= 4 is 19.7 Å². The smallest absolute Gasteiger partial charge is 0.366 e. The van der Waals surface area contributed by atoms with Gasteiger partial charge in [0.25, 0.3) is 9.05 Å². The first-order chi connectivity index (χ1) is 8.99. The van der Waals surface area contributed by atoms with E-state index in [0.717, 1.165) is 0 Å². The molecule has 116 valence electrons. The number of aromatic nitrogens is 2. The van der Waals surface area contributed by atoms with Crippen LogP contribution in [0.1, 0.15) is 19.5 Å². The summed E-state index contributed by atoms with van der Waals surface area (Å²) in [4.78, 5) is -0.331. The van der Waals surface area contributed by atoms with Crippen molar-refractivity contribution in [3.05, 3.63) is 11.9 Å². The minimum absolute atomic E-state index is 0.134. The van der Waals surface area contributed by atoms with E-state index in [9.17, 15) is 21.6 Å². The van der Waals surface area contributed by atoms with Crippen LogP contribution < -0.4 is 0 Å². The lowest BCUT2D eigenvalue weighted by Crippen LogP contribution is -2.17. The Balaban J connectivity index is 2.90. The molecule has 0 amide bonds. The number of hydrogen-bond donors (Lipinski definition) is 0. The first kappa shape index (κ1) is 17.3. The first-order valence-corrected chi connectivity index (χ1v) is 7.95. The second-order valence-corrected chi connectivity index (χ2v) is 7.14. The van der Waals surface area contributed by atoms with Crippen LogP contribution in [0.4, 0.5) is 13.2 Å². The maximum Gasteiger partial charge on any atom is 0.411 e. The van der Waals surface area contributed by atoms with E-state index in [1.165, 1.54) is 10.9 Å². The zero-order valence-electron chi connectivity index (χ0n) is 10.8. The lowest BCUT2D eigenvalue weighted by Gasteiger charge is -2.06. The van der Waals surface area contributed by atoms with Crippen LogP contribution in [0.25, 0.3) is 0 Å². The van der Waals surface area contributed by atoms with E-state index in [1.54, 1.807) is 0 Å². The Hall–Kier alpha value is -0.800. The van der Waals surface area contributed by atoms with Gasteiger partial charge in [-0.1, -0.05) is 13.8 Å². The summed E-state index contributed by atoms with van der Waals surface area (Å²) in [5.74, 6) is 0.185. The molecule has 0 atom stereocenters. The minimum atomic E-state index is -4.49. The zero-order chi connectivity index (χ0) is 15.6. The fourth-order valence-electron chi connectivity index (χ4n) is 1.48. The molecule has 1 aromatic rings. The Labute approximate surface area is 119 Å². The molecule has 0 fully saturated rings. The summed E-state index contributed by atoms with van der Waals surface area (Å²) >= 11 is 0. The van der Waals surface area contributed by atoms with Crippen LogP contribution in [-0.2, 0) is 26.9 Å². The second kappa shape index (κ2) is 6.31. The Kier molecular flexibility index (Phi) is 5.45. The molecule has 0 saturated carbocycles. The Morgan fingerprint density at radius 2 is 2.05 bits per heavy atom. The van der Waals surface area contributed by atoms with Crippen LogP contribution in [0, 0.1) is 5.92 Å². The van der Waals surface area contributed by atoms with Crippen LogP contribution in [-0.4, -0.2) is 31.0 Å². The summed E-state index contributed by atoms with van der Waals surface area (Å²) in [6.07, 6.45) is -3.30. The molecule has 10 heteroatoms. The molecular formula is C10H14ClF3N2O3S. The van der Waals surface area contributed by atoms with Gasteiger partial charge in [-0.25, -0.2) is 8.42 Å². The van der Waals surface area contributed by atoms with Crippen molar-refractivity contribution in [2.45, 2.75) is 38.1 Å². The molecule has 0 radical (unpaired) electrons. The maximum absolute atomic E-state index is 12.0. The zero-order valence-corrected chi connectivity index (χ0v) is 12.4. The Morgan fingerprint density at radius 3 is 2.50 bits per heavy atom. The maximum atomic E-state index is 12.0. The molecule has 5 nitrogen and oxygen atoms in total. The lowest BCUT2D eigenvalue weighted by atomic mass is 10.2. The van der Waals surface area contributed by atoms with Crippen LogP contribution in [0.15, 0.2) is 11.1 Å². The number of hydrogen-bond acceptors (Lipinski definition) is 4. The molecular weight excluding hydrogens is 321 g/mol. The van der Waals surface area contributed by atoms with Crippen molar-refractivity contribution < 1.29 is 26.3 Å². The monoisotopic (exact) mass is 334 g/mol. The summed E-state index contributed by atoms with van der Waals surface area (Å²) in [5.41, 5.74) is -0.134. The van der Waals surface area contributed by atoms with E-state index < -0.39 is 28.4 Å². The van der Waals surface area contributed by atoms with Gasteiger partial charge in [-0.3, -0.25) is 4.68 Å². The summed E-state index contributed by atoms with van der Waals surface area (Å²) < 4.78 is 64.4. The number of rotatable bonds is 6. The highest BCUT2D eigenvalue weighted by molar-refractivity contribution is 8.13. The van der Waals surface area contributed by atoms with Crippen molar-refractivity contribution in [3.8, 4) is 0 Å². The molecule has 0 aliphatic heterocycles. The quantitative estimate of drug-likeness (QED) is 0.750. The molecule has 0 N–H and O–H groups in total. The van der Waals surface area contributed by atoms with Gasteiger partial charge in [0.1, 0.15) is 17.2 Å². The van der Waals surface area contributed by atoms with Crippen LogP contribution in [0.5, 0.6) is 0 Å². The number of nitrogens with zero attached hydrogens (tertiary/aromatic N) is 2. The first-order valence-electron chi connectivity index (χ1n) is 5.64. The highest BCUT2D eigenvalue weighted by Crippen LogP contribution is 2.22. The second-order valence-electron chi connectivity index (χ2n) is 4.60. The molecule has 0 saturated heterocycles.